The van der Waals surface area contributed by atoms with Gasteiger partial charge in [-0.1, -0.05) is 6.07 Å². The number of hydrogen-bond acceptors (Lipinski definition) is 4. The molecule has 104 valence electrons. The minimum atomic E-state index is -0.135. The number of benzene rings is 1. The summed E-state index contributed by atoms with van der Waals surface area (Å²) in [6, 6.07) is 4.68. The van der Waals surface area contributed by atoms with Crippen molar-refractivity contribution in [3.05, 3.63) is 23.8 Å². The first-order chi connectivity index (χ1) is 9.06. The smallest absolute Gasteiger partial charge is 0.222 e. The molecule has 2 N–H and O–H groups in total. The van der Waals surface area contributed by atoms with E-state index in [0.717, 1.165) is 31.7 Å². The van der Waals surface area contributed by atoms with E-state index >= 15 is 0 Å². The molecule has 1 aliphatic rings. The van der Waals surface area contributed by atoms with Crippen LogP contribution in [-0.2, 0) is 11.2 Å². The van der Waals surface area contributed by atoms with E-state index in [1.807, 2.05) is 4.90 Å². The monoisotopic (exact) mass is 264 g/mol. The molecule has 5 nitrogen and oxygen atoms in total. The van der Waals surface area contributed by atoms with Gasteiger partial charge in [0.15, 0.2) is 11.5 Å². The van der Waals surface area contributed by atoms with E-state index in [9.17, 15) is 15.0 Å². The maximum absolute atomic E-state index is 12.0. The summed E-state index contributed by atoms with van der Waals surface area (Å²) in [5.74, 6) is -0.112. The van der Waals surface area contributed by atoms with Crippen molar-refractivity contribution in [1.82, 2.24) is 9.80 Å². The second-order valence-corrected chi connectivity index (χ2v) is 5.01. The summed E-state index contributed by atoms with van der Waals surface area (Å²) in [5, 5.41) is 18.6. The average Bonchev–Trinajstić information content (AvgIpc) is 2.40. The van der Waals surface area contributed by atoms with E-state index in [1.165, 1.54) is 12.1 Å². The van der Waals surface area contributed by atoms with Crippen LogP contribution in [0.1, 0.15) is 12.0 Å². The Bertz CT molecular complexity index is 454. The molecule has 19 heavy (non-hydrogen) atoms. The van der Waals surface area contributed by atoms with Crippen LogP contribution < -0.4 is 0 Å². The van der Waals surface area contributed by atoms with Crippen molar-refractivity contribution in [2.75, 3.05) is 33.2 Å². The molecule has 0 spiro atoms. The number of piperazine rings is 1. The van der Waals surface area contributed by atoms with Crippen LogP contribution in [0.2, 0.25) is 0 Å². The van der Waals surface area contributed by atoms with Crippen LogP contribution in [0.25, 0.3) is 0 Å². The fourth-order valence-corrected chi connectivity index (χ4v) is 2.19. The van der Waals surface area contributed by atoms with Crippen LogP contribution in [-0.4, -0.2) is 59.1 Å². The van der Waals surface area contributed by atoms with Gasteiger partial charge in [-0.15, -0.1) is 0 Å². The Kier molecular flexibility index (Phi) is 4.27. The number of hydrogen-bond donors (Lipinski definition) is 2. The summed E-state index contributed by atoms with van der Waals surface area (Å²) in [4.78, 5) is 16.1. The highest BCUT2D eigenvalue weighted by Gasteiger charge is 2.18. The Morgan fingerprint density at radius 3 is 2.47 bits per heavy atom. The third-order valence-corrected chi connectivity index (χ3v) is 3.52. The molecule has 1 aromatic carbocycles. The van der Waals surface area contributed by atoms with E-state index in [4.69, 9.17) is 0 Å². The Balaban J connectivity index is 1.84. The third-order valence-electron chi connectivity index (χ3n) is 3.52. The molecule has 1 fully saturated rings. The molecule has 1 amide bonds. The van der Waals surface area contributed by atoms with Crippen molar-refractivity contribution in [2.24, 2.45) is 0 Å². The van der Waals surface area contributed by atoms with Gasteiger partial charge in [0.05, 0.1) is 0 Å². The zero-order chi connectivity index (χ0) is 13.8. The van der Waals surface area contributed by atoms with Gasteiger partial charge in [-0.2, -0.15) is 0 Å². The van der Waals surface area contributed by atoms with Crippen molar-refractivity contribution in [3.63, 3.8) is 0 Å². The molecule has 0 unspecified atom stereocenters. The molecule has 1 aliphatic heterocycles. The largest absolute Gasteiger partial charge is 0.504 e. The maximum atomic E-state index is 12.0. The van der Waals surface area contributed by atoms with Gasteiger partial charge in [0, 0.05) is 32.6 Å². The Labute approximate surface area is 113 Å². The predicted octanol–water partition coefficient (Wildman–Crippen LogP) is 0.804. The normalized spacial score (nSPS) is 16.6. The van der Waals surface area contributed by atoms with Gasteiger partial charge in [0.2, 0.25) is 5.91 Å². The summed E-state index contributed by atoms with van der Waals surface area (Å²) in [7, 11) is 2.06. The maximum Gasteiger partial charge on any atom is 0.222 e. The van der Waals surface area contributed by atoms with Crippen LogP contribution in [0, 0.1) is 0 Å². The number of nitrogens with zero attached hydrogens (tertiary/aromatic N) is 2. The molecule has 0 radical (unpaired) electrons. The quantitative estimate of drug-likeness (QED) is 0.793. The lowest BCUT2D eigenvalue weighted by Crippen LogP contribution is -2.47. The number of carbonyl (C=O) groups is 1. The van der Waals surface area contributed by atoms with Gasteiger partial charge in [0.25, 0.3) is 0 Å². The van der Waals surface area contributed by atoms with Gasteiger partial charge in [0.1, 0.15) is 0 Å². The van der Waals surface area contributed by atoms with E-state index < -0.39 is 0 Å². The summed E-state index contributed by atoms with van der Waals surface area (Å²) in [5.41, 5.74) is 0.859. The molecule has 0 aliphatic carbocycles. The van der Waals surface area contributed by atoms with Gasteiger partial charge in [-0.05, 0) is 31.2 Å². The zero-order valence-corrected chi connectivity index (χ0v) is 11.2. The van der Waals surface area contributed by atoms with Gasteiger partial charge >= 0.3 is 0 Å². The lowest BCUT2D eigenvalue weighted by Gasteiger charge is -2.32. The number of phenolic OH excluding ortho intramolecular Hbond substituents is 2. The zero-order valence-electron chi connectivity index (χ0n) is 11.2. The number of phenols is 2. The number of aryl methyl sites for hydroxylation is 1. The second kappa shape index (κ2) is 5.93. The lowest BCUT2D eigenvalue weighted by atomic mass is 10.1. The highest BCUT2D eigenvalue weighted by Crippen LogP contribution is 2.25. The van der Waals surface area contributed by atoms with Gasteiger partial charge in [-0.25, -0.2) is 0 Å². The number of likely N-dealkylation sites (N-methyl/N-ethyl adjacent to an activating group) is 1. The number of carbonyl (C=O) groups excluding carboxylic acids is 1. The molecule has 0 atom stereocenters. The Morgan fingerprint density at radius 2 is 1.84 bits per heavy atom. The highest BCUT2D eigenvalue weighted by molar-refractivity contribution is 5.76. The molecular weight excluding hydrogens is 244 g/mol. The van der Waals surface area contributed by atoms with E-state index in [0.29, 0.717) is 12.8 Å². The number of aromatic hydroxyl groups is 2. The van der Waals surface area contributed by atoms with E-state index in [-0.39, 0.29) is 17.4 Å². The van der Waals surface area contributed by atoms with Crippen LogP contribution >= 0.6 is 0 Å². The molecule has 0 aromatic heterocycles. The summed E-state index contributed by atoms with van der Waals surface area (Å²) in [6.45, 7) is 3.42. The minimum Gasteiger partial charge on any atom is -0.504 e. The summed E-state index contributed by atoms with van der Waals surface area (Å²) >= 11 is 0. The Morgan fingerprint density at radius 1 is 1.16 bits per heavy atom. The van der Waals surface area contributed by atoms with E-state index in [1.54, 1.807) is 6.07 Å². The van der Waals surface area contributed by atoms with Crippen LogP contribution in [0.3, 0.4) is 0 Å². The fourth-order valence-electron chi connectivity index (χ4n) is 2.19. The van der Waals surface area contributed by atoms with Crippen molar-refractivity contribution in [3.8, 4) is 11.5 Å². The molecule has 1 saturated heterocycles. The molecule has 0 saturated carbocycles. The average molecular weight is 264 g/mol. The standard InChI is InChI=1S/C14H20N2O3/c1-15-6-8-16(9-7-15)14(19)5-3-11-2-4-12(17)13(18)10-11/h2,4,10,17-18H,3,5-9H2,1H3. The number of rotatable bonds is 3. The first kappa shape index (κ1) is 13.7. The first-order valence-corrected chi connectivity index (χ1v) is 6.53. The van der Waals surface area contributed by atoms with Crippen LogP contribution in [0.5, 0.6) is 11.5 Å². The minimum absolute atomic E-state index is 0.130. The first-order valence-electron chi connectivity index (χ1n) is 6.53. The highest BCUT2D eigenvalue weighted by atomic mass is 16.3. The SMILES string of the molecule is CN1CCN(C(=O)CCc2ccc(O)c(O)c2)CC1. The van der Waals surface area contributed by atoms with Crippen LogP contribution in [0.15, 0.2) is 18.2 Å². The lowest BCUT2D eigenvalue weighted by molar-refractivity contribution is -0.132. The summed E-state index contributed by atoms with van der Waals surface area (Å²) in [6.07, 6.45) is 1.02. The van der Waals surface area contributed by atoms with Crippen LogP contribution in [0.4, 0.5) is 0 Å². The third kappa shape index (κ3) is 3.61. The molecule has 2 rings (SSSR count). The van der Waals surface area contributed by atoms with Crippen molar-refractivity contribution in [2.45, 2.75) is 12.8 Å². The Hall–Kier alpha value is -1.75. The second-order valence-electron chi connectivity index (χ2n) is 5.01. The molecular formula is C14H20N2O3. The molecule has 5 heteroatoms. The van der Waals surface area contributed by atoms with Gasteiger partial charge < -0.3 is 20.0 Å². The summed E-state index contributed by atoms with van der Waals surface area (Å²) < 4.78 is 0. The number of amides is 1. The van der Waals surface area contributed by atoms with Crippen molar-refractivity contribution in [1.29, 1.82) is 0 Å². The van der Waals surface area contributed by atoms with Gasteiger partial charge in [-0.3, -0.25) is 4.79 Å². The molecule has 1 aromatic rings. The molecule has 0 bridgehead atoms. The predicted molar refractivity (Wildman–Crippen MR) is 72.2 cm³/mol. The van der Waals surface area contributed by atoms with Crippen molar-refractivity contribution >= 4 is 5.91 Å². The van der Waals surface area contributed by atoms with Crippen molar-refractivity contribution < 1.29 is 15.0 Å². The van der Waals surface area contributed by atoms with E-state index in [2.05, 4.69) is 11.9 Å². The fraction of sp³-hybridized carbons (Fsp3) is 0.500. The molecule has 1 heterocycles. The topological polar surface area (TPSA) is 64.0 Å².